The summed E-state index contributed by atoms with van der Waals surface area (Å²) in [6.45, 7) is -0.313. The highest BCUT2D eigenvalue weighted by Gasteiger charge is 2.26. The molecule has 1 fully saturated rings. The minimum atomic E-state index is -2.64. The van der Waals surface area contributed by atoms with Gasteiger partial charge in [0.2, 0.25) is 0 Å². The summed E-state index contributed by atoms with van der Waals surface area (Å²) in [6, 6.07) is 13.1. The van der Waals surface area contributed by atoms with Gasteiger partial charge >= 0.3 is 6.55 Å². The van der Waals surface area contributed by atoms with Gasteiger partial charge in [0, 0.05) is 55.8 Å². The molecule has 0 N–H and O–H groups in total. The molecule has 1 aliphatic heterocycles. The first-order valence-electron chi connectivity index (χ1n) is 10.1. The molecule has 3 aromatic rings. The van der Waals surface area contributed by atoms with E-state index >= 15 is 0 Å². The smallest absolute Gasteiger partial charge is 0.319 e. The van der Waals surface area contributed by atoms with Crippen LogP contribution in [0.3, 0.4) is 0 Å². The van der Waals surface area contributed by atoms with Crippen molar-refractivity contribution in [2.75, 3.05) is 31.1 Å². The number of benzene rings is 2. The maximum absolute atomic E-state index is 13.0. The Morgan fingerprint density at radius 3 is 2.44 bits per heavy atom. The van der Waals surface area contributed by atoms with Crippen molar-refractivity contribution in [3.8, 4) is 0 Å². The van der Waals surface area contributed by atoms with E-state index in [9.17, 15) is 23.7 Å². The lowest BCUT2D eigenvalue weighted by molar-refractivity contribution is -0.384. The van der Waals surface area contributed by atoms with E-state index in [1.807, 2.05) is 9.80 Å². The number of ketones is 1. The molecule has 0 amide bonds. The number of aromatic nitrogens is 2. The molecule has 166 valence electrons. The van der Waals surface area contributed by atoms with Gasteiger partial charge in [-0.1, -0.05) is 30.3 Å². The molecule has 2 aromatic carbocycles. The standard InChI is InChI=1S/C22H21F2N5O3/c23-22(24)28-9-8-25-20(28)15-26-10-12-27(13-11-26)18-7-6-17(14-19(18)29(31)32)21(30)16-4-2-1-3-5-16/h1-9,14,22H,10-13,15H2. The molecule has 1 saturated heterocycles. The highest BCUT2D eigenvalue weighted by Crippen LogP contribution is 2.31. The number of hydrogen-bond acceptors (Lipinski definition) is 6. The van der Waals surface area contributed by atoms with Gasteiger partial charge in [-0.05, 0) is 12.1 Å². The largest absolute Gasteiger partial charge is 0.363 e. The Morgan fingerprint density at radius 1 is 1.06 bits per heavy atom. The Kier molecular flexibility index (Phi) is 6.22. The monoisotopic (exact) mass is 441 g/mol. The molecule has 0 atom stereocenters. The van der Waals surface area contributed by atoms with E-state index < -0.39 is 11.5 Å². The zero-order chi connectivity index (χ0) is 22.7. The first-order valence-corrected chi connectivity index (χ1v) is 10.1. The minimum absolute atomic E-state index is 0.131. The second-order valence-electron chi connectivity index (χ2n) is 7.45. The SMILES string of the molecule is O=C(c1ccccc1)c1ccc(N2CCN(Cc3nccn3C(F)F)CC2)c([N+](=O)[O-])c1. The third-order valence-corrected chi connectivity index (χ3v) is 5.51. The number of carbonyl (C=O) groups is 1. The lowest BCUT2D eigenvalue weighted by atomic mass is 10.0. The van der Waals surface area contributed by atoms with Crippen LogP contribution >= 0.6 is 0 Å². The van der Waals surface area contributed by atoms with Crippen molar-refractivity contribution < 1.29 is 18.5 Å². The molecule has 0 saturated carbocycles. The van der Waals surface area contributed by atoms with Crippen LogP contribution in [-0.4, -0.2) is 51.3 Å². The molecule has 8 nitrogen and oxygen atoms in total. The third-order valence-electron chi connectivity index (χ3n) is 5.51. The van der Waals surface area contributed by atoms with E-state index in [0.29, 0.717) is 37.4 Å². The summed E-state index contributed by atoms with van der Waals surface area (Å²) in [5.41, 5.74) is 1.02. The van der Waals surface area contributed by atoms with Crippen molar-refractivity contribution in [3.05, 3.63) is 88.0 Å². The quantitative estimate of drug-likeness (QED) is 0.316. The van der Waals surface area contributed by atoms with E-state index in [2.05, 4.69) is 4.98 Å². The van der Waals surface area contributed by atoms with Crippen molar-refractivity contribution in [3.63, 3.8) is 0 Å². The molecule has 2 heterocycles. The fraction of sp³-hybridized carbons (Fsp3) is 0.273. The summed E-state index contributed by atoms with van der Waals surface area (Å²) in [6.07, 6.45) is 2.59. The molecule has 0 unspecified atom stereocenters. The number of hydrogen-bond donors (Lipinski definition) is 0. The Bertz CT molecular complexity index is 1110. The first kappa shape index (κ1) is 21.6. The number of imidazole rings is 1. The molecule has 0 radical (unpaired) electrons. The van der Waals surface area contributed by atoms with E-state index in [1.54, 1.807) is 42.5 Å². The maximum atomic E-state index is 13.0. The van der Waals surface area contributed by atoms with Crippen LogP contribution in [0.2, 0.25) is 0 Å². The van der Waals surface area contributed by atoms with Crippen LogP contribution in [0, 0.1) is 10.1 Å². The Labute approximate surface area is 182 Å². The summed E-state index contributed by atoms with van der Waals surface area (Å²) in [5, 5.41) is 11.7. The number of nitrogens with zero attached hydrogens (tertiary/aromatic N) is 5. The average molecular weight is 441 g/mol. The van der Waals surface area contributed by atoms with E-state index in [0.717, 1.165) is 4.57 Å². The minimum Gasteiger partial charge on any atom is -0.363 e. The third kappa shape index (κ3) is 4.50. The van der Waals surface area contributed by atoms with Crippen LogP contribution in [0.1, 0.15) is 28.3 Å². The van der Waals surface area contributed by atoms with Gasteiger partial charge in [-0.2, -0.15) is 8.78 Å². The number of anilines is 1. The summed E-state index contributed by atoms with van der Waals surface area (Å²) >= 11 is 0. The van der Waals surface area contributed by atoms with Crippen LogP contribution in [0.4, 0.5) is 20.2 Å². The molecule has 32 heavy (non-hydrogen) atoms. The molecule has 10 heteroatoms. The number of alkyl halides is 2. The molecule has 1 aromatic heterocycles. The van der Waals surface area contributed by atoms with Crippen molar-refractivity contribution >= 4 is 17.2 Å². The lowest BCUT2D eigenvalue weighted by Crippen LogP contribution is -2.46. The van der Waals surface area contributed by atoms with Crippen LogP contribution in [0.5, 0.6) is 0 Å². The predicted octanol–water partition coefficient (Wildman–Crippen LogP) is 3.74. The second-order valence-corrected chi connectivity index (χ2v) is 7.45. The van der Waals surface area contributed by atoms with Crippen molar-refractivity contribution in [2.45, 2.75) is 13.1 Å². The van der Waals surface area contributed by atoms with Crippen molar-refractivity contribution in [1.29, 1.82) is 0 Å². The number of nitro groups is 1. The zero-order valence-corrected chi connectivity index (χ0v) is 17.1. The van der Waals surface area contributed by atoms with Gasteiger partial charge in [-0.15, -0.1) is 0 Å². The Morgan fingerprint density at radius 2 is 1.78 bits per heavy atom. The maximum Gasteiger partial charge on any atom is 0.319 e. The normalized spacial score (nSPS) is 14.7. The van der Waals surface area contributed by atoms with E-state index in [4.69, 9.17) is 0 Å². The lowest BCUT2D eigenvalue weighted by Gasteiger charge is -2.35. The number of carbonyl (C=O) groups excluding carboxylic acids is 1. The van der Waals surface area contributed by atoms with Crippen LogP contribution in [0.25, 0.3) is 0 Å². The van der Waals surface area contributed by atoms with Crippen LogP contribution in [-0.2, 0) is 6.54 Å². The van der Waals surface area contributed by atoms with E-state index in [-0.39, 0.29) is 29.4 Å². The van der Waals surface area contributed by atoms with Gasteiger partial charge in [0.1, 0.15) is 11.5 Å². The summed E-state index contributed by atoms with van der Waals surface area (Å²) < 4.78 is 26.9. The van der Waals surface area contributed by atoms with Crippen LogP contribution < -0.4 is 4.90 Å². The number of rotatable bonds is 7. The molecule has 1 aliphatic rings. The first-order chi connectivity index (χ1) is 15.4. The van der Waals surface area contributed by atoms with Gasteiger partial charge in [-0.3, -0.25) is 24.4 Å². The highest BCUT2D eigenvalue weighted by atomic mass is 19.3. The number of nitro benzene ring substituents is 1. The van der Waals surface area contributed by atoms with Gasteiger partial charge in [0.05, 0.1) is 11.5 Å². The van der Waals surface area contributed by atoms with Crippen LogP contribution in [0.15, 0.2) is 60.9 Å². The molecule has 0 bridgehead atoms. The highest BCUT2D eigenvalue weighted by molar-refractivity contribution is 6.09. The molecular weight excluding hydrogens is 420 g/mol. The predicted molar refractivity (Wildman–Crippen MR) is 114 cm³/mol. The summed E-state index contributed by atoms with van der Waals surface area (Å²) in [4.78, 5) is 31.8. The Hall–Kier alpha value is -3.66. The van der Waals surface area contributed by atoms with Gasteiger partial charge in [-0.25, -0.2) is 4.98 Å². The topological polar surface area (TPSA) is 84.5 Å². The second kappa shape index (κ2) is 9.23. The molecular formula is C22H21F2N5O3. The number of halogens is 2. The average Bonchev–Trinajstić information content (AvgIpc) is 3.28. The van der Waals surface area contributed by atoms with Gasteiger partial charge in [0.15, 0.2) is 5.78 Å². The molecule has 0 aliphatic carbocycles. The fourth-order valence-corrected chi connectivity index (χ4v) is 3.83. The molecule has 4 rings (SSSR count). The zero-order valence-electron chi connectivity index (χ0n) is 17.1. The van der Waals surface area contributed by atoms with Crippen molar-refractivity contribution in [2.24, 2.45) is 0 Å². The van der Waals surface area contributed by atoms with Gasteiger partial charge < -0.3 is 4.90 Å². The van der Waals surface area contributed by atoms with E-state index in [1.165, 1.54) is 18.5 Å². The number of piperazine rings is 1. The van der Waals surface area contributed by atoms with Crippen molar-refractivity contribution in [1.82, 2.24) is 14.5 Å². The molecule has 0 spiro atoms. The summed E-state index contributed by atoms with van der Waals surface area (Å²) in [5.74, 6) is 0.00260. The summed E-state index contributed by atoms with van der Waals surface area (Å²) in [7, 11) is 0. The van der Waals surface area contributed by atoms with Gasteiger partial charge in [0.25, 0.3) is 5.69 Å². The fourth-order valence-electron chi connectivity index (χ4n) is 3.83. The Balaban J connectivity index is 1.47.